The maximum absolute atomic E-state index is 14.3. The van der Waals surface area contributed by atoms with Gasteiger partial charge in [0.25, 0.3) is 5.91 Å². The van der Waals surface area contributed by atoms with Crippen molar-refractivity contribution in [3.05, 3.63) is 23.9 Å². The average Bonchev–Trinajstić information content (AvgIpc) is 2.95. The molecule has 2 aliphatic carbocycles. The lowest BCUT2D eigenvalue weighted by molar-refractivity contribution is -0.133. The Morgan fingerprint density at radius 1 is 1.02 bits per heavy atom. The molecule has 3 rings (SSSR count). The number of nitrogens with two attached hydrogens (primary N) is 1. The number of imide groups is 1. The highest BCUT2D eigenvalue weighted by atomic mass is 16.6. The molecule has 0 aromatic carbocycles. The minimum Gasteiger partial charge on any atom is -0.444 e. The second kappa shape index (κ2) is 15.4. The molecular formula is C32H53N5O4. The number of aromatic nitrogens is 1. The van der Waals surface area contributed by atoms with E-state index in [9.17, 15) is 14.4 Å². The fourth-order valence-corrected chi connectivity index (χ4v) is 6.39. The average molecular weight is 572 g/mol. The predicted molar refractivity (Wildman–Crippen MR) is 162 cm³/mol. The number of urea groups is 1. The fourth-order valence-electron chi connectivity index (χ4n) is 6.39. The molecule has 4 N–H and O–H groups in total. The van der Waals surface area contributed by atoms with Crippen molar-refractivity contribution in [2.75, 3.05) is 12.3 Å². The lowest BCUT2D eigenvalue weighted by atomic mass is 9.69. The summed E-state index contributed by atoms with van der Waals surface area (Å²) in [6.07, 6.45) is 13.5. The van der Waals surface area contributed by atoms with E-state index < -0.39 is 23.8 Å². The van der Waals surface area contributed by atoms with Crippen LogP contribution < -0.4 is 16.4 Å². The first-order valence-corrected chi connectivity index (χ1v) is 15.8. The highest BCUT2D eigenvalue weighted by molar-refractivity contribution is 5.98. The third kappa shape index (κ3) is 10.2. The number of carbonyl (C=O) groups excluding carboxylic acids is 3. The van der Waals surface area contributed by atoms with Crippen molar-refractivity contribution in [1.29, 1.82) is 0 Å². The van der Waals surface area contributed by atoms with Crippen LogP contribution in [0.4, 0.5) is 15.4 Å². The van der Waals surface area contributed by atoms with Crippen molar-refractivity contribution in [3.8, 4) is 0 Å². The zero-order valence-electron chi connectivity index (χ0n) is 25.9. The molecule has 2 unspecified atom stereocenters. The number of rotatable bonds is 10. The van der Waals surface area contributed by atoms with Crippen molar-refractivity contribution < 1.29 is 19.1 Å². The van der Waals surface area contributed by atoms with E-state index in [4.69, 9.17) is 10.5 Å². The van der Waals surface area contributed by atoms with Gasteiger partial charge in [0.1, 0.15) is 17.5 Å². The Morgan fingerprint density at radius 3 is 2.10 bits per heavy atom. The number of anilines is 1. The summed E-state index contributed by atoms with van der Waals surface area (Å²) in [5.74, 6) is 1.09. The number of hydrogen-bond donors (Lipinski definition) is 3. The van der Waals surface area contributed by atoms with E-state index in [0.29, 0.717) is 30.6 Å². The standard InChI is InChI=1S/C32H53N5O4/c1-6-22(2)28(36-31(40)41-32(3,4)5)29(38)37(30(39)35-20-23-17-18-27(33)34-19-23)21-26(24-13-9-7-10-14-24)25-15-11-8-12-16-25/h17-19,22,24-26,28H,6-16,20-21H2,1-5H3,(H2,33,34)(H,35,39)(H,36,40). The predicted octanol–water partition coefficient (Wildman–Crippen LogP) is 6.42. The molecule has 0 bridgehead atoms. The molecule has 1 aromatic rings. The number of pyridine rings is 1. The van der Waals surface area contributed by atoms with Gasteiger partial charge in [0, 0.05) is 19.3 Å². The first-order chi connectivity index (χ1) is 19.5. The Labute approximate surface area is 246 Å². The Bertz CT molecular complexity index is 963. The Balaban J connectivity index is 1.89. The topological polar surface area (TPSA) is 127 Å². The molecule has 2 fully saturated rings. The molecule has 0 radical (unpaired) electrons. The molecule has 0 saturated heterocycles. The van der Waals surface area contributed by atoms with Crippen LogP contribution >= 0.6 is 0 Å². The van der Waals surface area contributed by atoms with Gasteiger partial charge in [0.15, 0.2) is 0 Å². The number of alkyl carbamates (subject to hydrolysis) is 1. The second-order valence-corrected chi connectivity index (χ2v) is 13.2. The maximum atomic E-state index is 14.3. The van der Waals surface area contributed by atoms with Gasteiger partial charge in [-0.1, -0.05) is 90.5 Å². The Hall–Kier alpha value is -2.84. The van der Waals surface area contributed by atoms with Crippen molar-refractivity contribution in [1.82, 2.24) is 20.5 Å². The van der Waals surface area contributed by atoms with E-state index in [1.54, 1.807) is 33.0 Å². The van der Waals surface area contributed by atoms with Crippen molar-refractivity contribution in [2.24, 2.45) is 23.7 Å². The summed E-state index contributed by atoms with van der Waals surface area (Å²) in [4.78, 5) is 46.5. The molecule has 41 heavy (non-hydrogen) atoms. The lowest BCUT2D eigenvalue weighted by Crippen LogP contribution is -2.57. The number of amides is 4. The molecule has 0 aliphatic heterocycles. The number of carbonyl (C=O) groups is 3. The van der Waals surface area contributed by atoms with Gasteiger partial charge < -0.3 is 21.1 Å². The van der Waals surface area contributed by atoms with E-state index in [2.05, 4.69) is 15.6 Å². The summed E-state index contributed by atoms with van der Waals surface area (Å²) >= 11 is 0. The molecule has 230 valence electrons. The molecule has 1 aromatic heterocycles. The van der Waals surface area contributed by atoms with E-state index in [0.717, 1.165) is 31.2 Å². The summed E-state index contributed by atoms with van der Waals surface area (Å²) < 4.78 is 5.50. The van der Waals surface area contributed by atoms with Crippen LogP contribution in [0, 0.1) is 23.7 Å². The summed E-state index contributed by atoms with van der Waals surface area (Å²) in [6, 6.07) is 2.18. The summed E-state index contributed by atoms with van der Waals surface area (Å²) in [7, 11) is 0. The van der Waals surface area contributed by atoms with Gasteiger partial charge in [-0.15, -0.1) is 0 Å². The van der Waals surface area contributed by atoms with Crippen LogP contribution in [0.5, 0.6) is 0 Å². The van der Waals surface area contributed by atoms with Crippen LogP contribution in [0.25, 0.3) is 0 Å². The van der Waals surface area contributed by atoms with Gasteiger partial charge in [0.2, 0.25) is 0 Å². The van der Waals surface area contributed by atoms with Gasteiger partial charge in [-0.3, -0.25) is 9.69 Å². The molecule has 1 heterocycles. The molecule has 2 aliphatic rings. The van der Waals surface area contributed by atoms with Crippen LogP contribution in [0.3, 0.4) is 0 Å². The summed E-state index contributed by atoms with van der Waals surface area (Å²) in [5.41, 5.74) is 5.81. The van der Waals surface area contributed by atoms with Crippen LogP contribution in [-0.4, -0.2) is 46.1 Å². The second-order valence-electron chi connectivity index (χ2n) is 13.2. The van der Waals surface area contributed by atoms with Gasteiger partial charge in [-0.05, 0) is 56.1 Å². The van der Waals surface area contributed by atoms with Crippen molar-refractivity contribution >= 4 is 23.8 Å². The Morgan fingerprint density at radius 2 is 1.61 bits per heavy atom. The summed E-state index contributed by atoms with van der Waals surface area (Å²) in [6.45, 7) is 9.86. The normalized spacial score (nSPS) is 18.4. The van der Waals surface area contributed by atoms with Gasteiger partial charge in [-0.2, -0.15) is 0 Å². The zero-order chi connectivity index (χ0) is 30.0. The molecule has 4 amide bonds. The molecular weight excluding hydrogens is 518 g/mol. The van der Waals surface area contributed by atoms with Crippen LogP contribution in [0.15, 0.2) is 18.3 Å². The Kier molecular flexibility index (Phi) is 12.3. The van der Waals surface area contributed by atoms with Gasteiger partial charge >= 0.3 is 12.1 Å². The van der Waals surface area contributed by atoms with E-state index >= 15 is 0 Å². The van der Waals surface area contributed by atoms with E-state index in [1.165, 1.54) is 43.4 Å². The lowest BCUT2D eigenvalue weighted by Gasteiger charge is -2.41. The van der Waals surface area contributed by atoms with Gasteiger partial charge in [0.05, 0.1) is 0 Å². The van der Waals surface area contributed by atoms with Crippen LogP contribution in [0.1, 0.15) is 111 Å². The third-order valence-electron chi connectivity index (χ3n) is 8.86. The third-order valence-corrected chi connectivity index (χ3v) is 8.86. The minimum absolute atomic E-state index is 0.186. The smallest absolute Gasteiger partial charge is 0.408 e. The SMILES string of the molecule is CCC(C)C(NC(=O)OC(C)(C)C)C(=O)N(CC(C1CCCCC1)C1CCCCC1)C(=O)NCc1ccc(N)nc1. The van der Waals surface area contributed by atoms with Gasteiger partial charge in [-0.25, -0.2) is 14.6 Å². The molecule has 0 spiro atoms. The molecule has 2 atom stereocenters. The fraction of sp³-hybridized carbons (Fsp3) is 0.750. The number of ether oxygens (including phenoxy) is 1. The number of hydrogen-bond acceptors (Lipinski definition) is 6. The van der Waals surface area contributed by atoms with E-state index in [1.807, 2.05) is 19.9 Å². The number of nitrogens with zero attached hydrogens (tertiary/aromatic N) is 2. The quantitative estimate of drug-likeness (QED) is 0.297. The minimum atomic E-state index is -0.878. The molecule has 2 saturated carbocycles. The summed E-state index contributed by atoms with van der Waals surface area (Å²) in [5, 5.41) is 5.77. The number of nitrogens with one attached hydrogen (secondary N) is 2. The van der Waals surface area contributed by atoms with E-state index in [-0.39, 0.29) is 24.3 Å². The maximum Gasteiger partial charge on any atom is 0.408 e. The van der Waals surface area contributed by atoms with Crippen LogP contribution in [-0.2, 0) is 16.1 Å². The van der Waals surface area contributed by atoms with Crippen LogP contribution in [0.2, 0.25) is 0 Å². The zero-order valence-corrected chi connectivity index (χ0v) is 25.9. The highest BCUT2D eigenvalue weighted by Gasteiger charge is 2.39. The first kappa shape index (κ1) is 32.7. The molecule has 9 nitrogen and oxygen atoms in total. The monoisotopic (exact) mass is 571 g/mol. The number of nitrogen functional groups attached to an aromatic ring is 1. The highest BCUT2D eigenvalue weighted by Crippen LogP contribution is 2.40. The van der Waals surface area contributed by atoms with Crippen molar-refractivity contribution in [3.63, 3.8) is 0 Å². The molecule has 9 heteroatoms. The first-order valence-electron chi connectivity index (χ1n) is 15.8. The van der Waals surface area contributed by atoms with Crippen molar-refractivity contribution in [2.45, 2.75) is 123 Å². The largest absolute Gasteiger partial charge is 0.444 e.